The molecule has 5 nitrogen and oxygen atoms in total. The molecule has 0 aliphatic carbocycles. The first kappa shape index (κ1) is 23.7. The second kappa shape index (κ2) is 20.0. The summed E-state index contributed by atoms with van der Waals surface area (Å²) in [5.41, 5.74) is -0.0801. The van der Waals surface area contributed by atoms with Crippen LogP contribution in [-0.4, -0.2) is 23.4 Å². The molecule has 0 aliphatic heterocycles. The number of rotatable bonds is 3. The minimum absolute atomic E-state index is 0.0801. The molecule has 19 heavy (non-hydrogen) atoms. The molecule has 1 atom stereocenters. The summed E-state index contributed by atoms with van der Waals surface area (Å²) in [6, 6.07) is 1.42. The largest absolute Gasteiger partial charge is 0.478 e. The maximum atomic E-state index is 10.8. The van der Waals surface area contributed by atoms with Gasteiger partial charge in [-0.2, -0.15) is 0 Å². The molecule has 0 saturated carbocycles. The van der Waals surface area contributed by atoms with Gasteiger partial charge in [0.05, 0.1) is 12.7 Å². The van der Waals surface area contributed by atoms with Gasteiger partial charge in [0, 0.05) is 13.4 Å². The Kier molecular flexibility index (Phi) is 25.0. The summed E-state index contributed by atoms with van der Waals surface area (Å²) in [5, 5.41) is 5.67. The zero-order valence-electron chi connectivity index (χ0n) is 12.5. The second-order valence-corrected chi connectivity index (χ2v) is 5.31. The van der Waals surface area contributed by atoms with Crippen LogP contribution in [0.1, 0.15) is 27.2 Å². The van der Waals surface area contributed by atoms with E-state index in [-0.39, 0.29) is 5.56 Å². The molecular formula is C12H27IN3O2P. The number of aromatic nitrogens is 2. The summed E-state index contributed by atoms with van der Waals surface area (Å²) in [6.45, 7) is 12.7. The number of ether oxygens (including phenoxy) is 1. The Morgan fingerprint density at radius 2 is 1.89 bits per heavy atom. The highest BCUT2D eigenvalue weighted by molar-refractivity contribution is 14.2. The third-order valence-corrected chi connectivity index (χ3v) is 3.06. The normalized spacial score (nSPS) is 8.53. The van der Waals surface area contributed by atoms with Crippen molar-refractivity contribution < 1.29 is 4.74 Å². The first-order chi connectivity index (χ1) is 9.06. The molecule has 7 heteroatoms. The molecule has 0 amide bonds. The second-order valence-electron chi connectivity index (χ2n) is 3.00. The van der Waals surface area contributed by atoms with Crippen molar-refractivity contribution in [1.29, 1.82) is 0 Å². The summed E-state index contributed by atoms with van der Waals surface area (Å²) in [6.07, 6.45) is 2.11. The van der Waals surface area contributed by atoms with Gasteiger partial charge in [-0.15, -0.1) is 13.2 Å². The van der Waals surface area contributed by atoms with E-state index in [0.717, 1.165) is 6.37 Å². The molecule has 1 aromatic heterocycles. The Bertz CT molecular complexity index is 327. The van der Waals surface area contributed by atoms with Gasteiger partial charge in [0.1, 0.15) is 0 Å². The minimum Gasteiger partial charge on any atom is -0.478 e. The van der Waals surface area contributed by atoms with Gasteiger partial charge in [0.25, 0.3) is 5.56 Å². The van der Waals surface area contributed by atoms with E-state index in [9.17, 15) is 4.79 Å². The van der Waals surface area contributed by atoms with E-state index < -0.39 is 0 Å². The highest BCUT2D eigenvalue weighted by Crippen LogP contribution is 2.10. The van der Waals surface area contributed by atoms with E-state index in [1.165, 1.54) is 17.2 Å². The Morgan fingerprint density at radius 3 is 2.11 bits per heavy atom. The van der Waals surface area contributed by atoms with Crippen LogP contribution >= 0.6 is 28.4 Å². The van der Waals surface area contributed by atoms with Crippen LogP contribution in [0.25, 0.3) is 0 Å². The molecule has 0 bridgehead atoms. The number of hydrogen-bond acceptors (Lipinski definition) is 3. The van der Waals surface area contributed by atoms with Crippen LogP contribution < -0.4 is 15.4 Å². The van der Waals surface area contributed by atoms with Gasteiger partial charge in [0.15, 0.2) is 0 Å². The van der Waals surface area contributed by atoms with E-state index in [1.807, 2.05) is 14.0 Å². The van der Waals surface area contributed by atoms with Crippen molar-refractivity contribution in [2.45, 2.75) is 27.2 Å². The number of halogens is 1. The van der Waals surface area contributed by atoms with Crippen LogP contribution in [0.3, 0.4) is 0 Å². The van der Waals surface area contributed by atoms with E-state index in [0.29, 0.717) is 12.5 Å². The van der Waals surface area contributed by atoms with Crippen LogP contribution in [-0.2, 0) is 7.05 Å². The molecule has 1 heterocycles. The lowest BCUT2D eigenvalue weighted by molar-refractivity contribution is 0.323. The fourth-order valence-corrected chi connectivity index (χ4v) is 0.691. The zero-order valence-corrected chi connectivity index (χ0v) is 15.7. The van der Waals surface area contributed by atoms with Crippen molar-refractivity contribution in [1.82, 2.24) is 14.9 Å². The van der Waals surface area contributed by atoms with Crippen molar-refractivity contribution >= 4 is 28.4 Å². The molecule has 0 aliphatic rings. The van der Waals surface area contributed by atoms with E-state index >= 15 is 0 Å². The molecule has 2 N–H and O–H groups in total. The number of aromatic amines is 1. The predicted molar refractivity (Wildman–Crippen MR) is 95.8 cm³/mol. The van der Waals surface area contributed by atoms with Gasteiger partial charge in [-0.1, -0.05) is 20.3 Å². The number of aryl methyl sites for hydroxylation is 1. The van der Waals surface area contributed by atoms with Crippen molar-refractivity contribution in [2.24, 2.45) is 7.05 Å². The zero-order chi connectivity index (χ0) is 15.7. The van der Waals surface area contributed by atoms with Crippen molar-refractivity contribution in [3.8, 4) is 5.88 Å². The molecule has 1 unspecified atom stereocenters. The molecular weight excluding hydrogens is 376 g/mol. The topological polar surface area (TPSA) is 59.0 Å². The Morgan fingerprint density at radius 1 is 1.47 bits per heavy atom. The Balaban J connectivity index is -0.000000239. The number of hydrogen-bond donors (Lipinski definition) is 2. The summed E-state index contributed by atoms with van der Waals surface area (Å²) >= 11 is 2.27. The van der Waals surface area contributed by atoms with Crippen molar-refractivity contribution in [2.75, 3.05) is 13.7 Å². The Hall–Kier alpha value is -0.330. The predicted octanol–water partition coefficient (Wildman–Crippen LogP) is 3.48. The summed E-state index contributed by atoms with van der Waals surface area (Å²) < 4.78 is 6.40. The van der Waals surface area contributed by atoms with Crippen molar-refractivity contribution in [3.63, 3.8) is 0 Å². The molecule has 114 valence electrons. The molecule has 1 aromatic rings. The average Bonchev–Trinajstić information content (AvgIpc) is 2.72. The lowest BCUT2D eigenvalue weighted by atomic mass is 10.6. The number of nitrogens with zero attached hydrogens (tertiary/aromatic N) is 1. The first-order valence-electron chi connectivity index (χ1n) is 5.98. The lowest BCUT2D eigenvalue weighted by Crippen LogP contribution is -2.09. The van der Waals surface area contributed by atoms with Gasteiger partial charge in [0.2, 0.25) is 5.88 Å². The molecule has 1 rings (SSSR count). The average molecular weight is 403 g/mol. The van der Waals surface area contributed by atoms with Gasteiger partial charge in [-0.25, -0.2) is 0 Å². The smallest absolute Gasteiger partial charge is 0.270 e. The molecule has 0 aromatic carbocycles. The van der Waals surface area contributed by atoms with E-state index in [1.54, 1.807) is 7.05 Å². The van der Waals surface area contributed by atoms with Gasteiger partial charge >= 0.3 is 0 Å². The monoisotopic (exact) mass is 403 g/mol. The molecule has 0 spiro atoms. The van der Waals surface area contributed by atoms with Gasteiger partial charge in [-0.3, -0.25) is 19.7 Å². The first-order valence-corrected chi connectivity index (χ1v) is 10.1. The molecule has 0 fully saturated rings. The maximum Gasteiger partial charge on any atom is 0.270 e. The molecule has 0 saturated heterocycles. The Labute approximate surface area is 131 Å². The van der Waals surface area contributed by atoms with E-state index in [2.05, 4.69) is 59.2 Å². The standard InChI is InChI=1S/C6H10N2O2.C3H8.C2H4.CH5INP/c1-3-10-5-4-6(9)8(2)7-5;1-3-2;1-2;1-3-4-2/h4,7H,3H2,1-2H3;3H2,1-2H3;1-2H2;3-4H,1H3. The fraction of sp³-hybridized carbons (Fsp3) is 0.583. The molecule has 0 radical (unpaired) electrons. The third-order valence-electron chi connectivity index (χ3n) is 1.26. The van der Waals surface area contributed by atoms with Crippen LogP contribution in [0.4, 0.5) is 0 Å². The van der Waals surface area contributed by atoms with E-state index in [4.69, 9.17) is 4.74 Å². The highest BCUT2D eigenvalue weighted by Gasteiger charge is 1.96. The number of nitrogens with one attached hydrogen (secondary N) is 2. The van der Waals surface area contributed by atoms with Crippen molar-refractivity contribution in [3.05, 3.63) is 29.6 Å². The third kappa shape index (κ3) is 17.7. The fourth-order valence-electron chi connectivity index (χ4n) is 0.691. The van der Waals surface area contributed by atoms with Crippen LogP contribution in [0.2, 0.25) is 0 Å². The van der Waals surface area contributed by atoms with Crippen LogP contribution in [0, 0.1) is 0 Å². The van der Waals surface area contributed by atoms with Crippen LogP contribution in [0.5, 0.6) is 5.88 Å². The SMILES string of the molecule is C=C.CCC.CCOc1cc(=O)n(C)[nH]1.CNPI. The number of H-pyrrole nitrogens is 1. The summed E-state index contributed by atoms with van der Waals surface area (Å²) in [7, 11) is 3.58. The highest BCUT2D eigenvalue weighted by atomic mass is 127. The quantitative estimate of drug-likeness (QED) is 0.462. The maximum absolute atomic E-state index is 10.8. The minimum atomic E-state index is -0.0801. The lowest BCUT2D eigenvalue weighted by Gasteiger charge is -1.95. The van der Waals surface area contributed by atoms with Gasteiger partial charge < -0.3 is 4.74 Å². The van der Waals surface area contributed by atoms with Gasteiger partial charge in [-0.05, 0) is 36.0 Å². The van der Waals surface area contributed by atoms with Crippen LogP contribution in [0.15, 0.2) is 24.0 Å². The summed E-state index contributed by atoms with van der Waals surface area (Å²) in [4.78, 5) is 10.8. The summed E-state index contributed by atoms with van der Waals surface area (Å²) in [5.74, 6) is 0.523.